The third-order valence-electron chi connectivity index (χ3n) is 1.77. The van der Waals surface area contributed by atoms with E-state index in [9.17, 15) is 9.59 Å². The number of rotatable bonds is 6. The van der Waals surface area contributed by atoms with Crippen LogP contribution >= 0.6 is 0 Å². The zero-order chi connectivity index (χ0) is 11.3. The van der Waals surface area contributed by atoms with Crippen LogP contribution in [0.15, 0.2) is 12.2 Å². The summed E-state index contributed by atoms with van der Waals surface area (Å²) in [5.74, 6) is -2.02. The first-order valence-corrected chi connectivity index (χ1v) is 4.13. The lowest BCUT2D eigenvalue weighted by Gasteiger charge is -2.07. The summed E-state index contributed by atoms with van der Waals surface area (Å²) in [5.41, 5.74) is 7.35. The van der Waals surface area contributed by atoms with E-state index >= 15 is 0 Å². The fourth-order valence-corrected chi connectivity index (χ4v) is 0.955. The van der Waals surface area contributed by atoms with Gasteiger partial charge in [0.1, 0.15) is 0 Å². The van der Waals surface area contributed by atoms with Gasteiger partial charge in [0, 0.05) is 12.8 Å². The minimum atomic E-state index is -1.01. The van der Waals surface area contributed by atoms with Crippen LogP contribution in [0.1, 0.15) is 12.8 Å². The molecule has 8 N–H and O–H groups in total. The number of halogens is 2. The highest BCUT2D eigenvalue weighted by Crippen LogP contribution is 2.07. The molecule has 0 aliphatic rings. The van der Waals surface area contributed by atoms with E-state index in [2.05, 4.69) is 18.0 Å². The van der Waals surface area contributed by atoms with E-state index in [1.165, 1.54) is 0 Å². The summed E-state index contributed by atoms with van der Waals surface area (Å²) in [5, 5.41) is 17.1. The van der Waals surface area contributed by atoms with Gasteiger partial charge in [-0.1, -0.05) is 12.2 Å². The Kier molecular flexibility index (Phi) is 12.1. The molecule has 0 fully saturated rings. The molecule has 0 aliphatic heterocycles. The Morgan fingerprint density at radius 1 is 1.00 bits per heavy atom. The fraction of sp³-hybridized carbons (Fsp3) is 0.500. The van der Waals surface area contributed by atoms with Gasteiger partial charge in [-0.05, 0) is 0 Å². The average molecular weight is 275 g/mol. The highest BCUT2D eigenvalue weighted by Gasteiger charge is 2.21. The van der Waals surface area contributed by atoms with Crippen LogP contribution in [0.2, 0.25) is 0 Å². The highest BCUT2D eigenvalue weighted by atomic mass is 35.5. The van der Waals surface area contributed by atoms with Crippen molar-refractivity contribution in [1.29, 1.82) is 0 Å². The second-order valence-corrected chi connectivity index (χ2v) is 3.23. The van der Waals surface area contributed by atoms with Gasteiger partial charge in [0.15, 0.2) is 12.1 Å². The largest absolute Gasteiger partial charge is 1.00 e. The Hall–Kier alpha value is -0.820. The Labute approximate surface area is 106 Å². The van der Waals surface area contributed by atoms with Crippen LogP contribution < -0.4 is 36.3 Å². The predicted molar refractivity (Wildman–Crippen MR) is 47.0 cm³/mol. The van der Waals surface area contributed by atoms with Crippen molar-refractivity contribution >= 4 is 11.9 Å². The van der Waals surface area contributed by atoms with Crippen molar-refractivity contribution < 1.29 is 56.1 Å². The first kappa shape index (κ1) is 20.6. The van der Waals surface area contributed by atoms with Crippen molar-refractivity contribution in [2.75, 3.05) is 0 Å². The number of carboxylic acid groups (broad SMARTS) is 2. The number of carboxylic acids is 2. The van der Waals surface area contributed by atoms with Crippen molar-refractivity contribution in [3.05, 3.63) is 12.2 Å². The molecule has 0 saturated carbocycles. The molecule has 0 saturated heterocycles. The molecular formula is C8H16Cl2N2O4. The van der Waals surface area contributed by atoms with E-state index in [1.807, 2.05) is 0 Å². The lowest BCUT2D eigenvalue weighted by molar-refractivity contribution is -0.411. The molecule has 0 rings (SSSR count). The van der Waals surface area contributed by atoms with E-state index in [-0.39, 0.29) is 37.7 Å². The Morgan fingerprint density at radius 3 is 1.44 bits per heavy atom. The quantitative estimate of drug-likeness (QED) is 0.359. The summed E-state index contributed by atoms with van der Waals surface area (Å²) >= 11 is 0. The summed E-state index contributed by atoms with van der Waals surface area (Å²) < 4.78 is 0. The molecular weight excluding hydrogens is 259 g/mol. The predicted octanol–water partition coefficient (Wildman–Crippen LogP) is -8.28. The van der Waals surface area contributed by atoms with Crippen LogP contribution in [-0.4, -0.2) is 34.2 Å². The van der Waals surface area contributed by atoms with Gasteiger partial charge in [-0.3, -0.25) is 0 Å². The van der Waals surface area contributed by atoms with Gasteiger partial charge in [0.25, 0.3) is 0 Å². The van der Waals surface area contributed by atoms with E-state index in [0.29, 0.717) is 5.57 Å². The monoisotopic (exact) mass is 274 g/mol. The first-order valence-electron chi connectivity index (χ1n) is 4.13. The third kappa shape index (κ3) is 8.49. The van der Waals surface area contributed by atoms with Gasteiger partial charge in [0.2, 0.25) is 0 Å². The molecule has 0 bridgehead atoms. The van der Waals surface area contributed by atoms with Gasteiger partial charge < -0.3 is 46.5 Å². The molecule has 0 unspecified atom stereocenters. The van der Waals surface area contributed by atoms with Gasteiger partial charge in [-0.25, -0.2) is 9.59 Å². The number of hydrogen-bond acceptors (Lipinski definition) is 2. The van der Waals surface area contributed by atoms with Crippen molar-refractivity contribution in [3.63, 3.8) is 0 Å². The Bertz CT molecular complexity index is 236. The molecule has 0 aromatic heterocycles. The standard InChI is InChI=1S/C8H14N2O4.2ClH/c1-4(2-5(9)7(11)12)3-6(10)8(13)14;;/h5-6H,1-3,9-10H2,(H,11,12)(H,13,14);2*1H/t5-,6-;;/m0../s1. The molecule has 2 atom stereocenters. The van der Waals surface area contributed by atoms with Crippen molar-refractivity contribution in [3.8, 4) is 0 Å². The van der Waals surface area contributed by atoms with Crippen LogP contribution in [0.25, 0.3) is 0 Å². The maximum atomic E-state index is 10.4. The van der Waals surface area contributed by atoms with Gasteiger partial charge in [-0.2, -0.15) is 0 Å². The summed E-state index contributed by atoms with van der Waals surface area (Å²) in [7, 11) is 0. The van der Waals surface area contributed by atoms with Crippen molar-refractivity contribution in [2.45, 2.75) is 24.9 Å². The van der Waals surface area contributed by atoms with E-state index < -0.39 is 24.0 Å². The van der Waals surface area contributed by atoms with E-state index in [1.54, 1.807) is 0 Å². The molecule has 16 heavy (non-hydrogen) atoms. The molecule has 0 spiro atoms. The maximum Gasteiger partial charge on any atom is 0.362 e. The summed E-state index contributed by atoms with van der Waals surface area (Å²) in [6.07, 6.45) is 0.378. The van der Waals surface area contributed by atoms with Gasteiger partial charge in [0.05, 0.1) is 0 Å². The molecule has 0 aromatic rings. The third-order valence-corrected chi connectivity index (χ3v) is 1.77. The molecule has 0 heterocycles. The summed E-state index contributed by atoms with van der Waals surface area (Å²) in [4.78, 5) is 20.8. The smallest absolute Gasteiger partial charge is 0.362 e. The van der Waals surface area contributed by atoms with Crippen LogP contribution in [0.4, 0.5) is 0 Å². The second kappa shape index (κ2) is 9.41. The number of quaternary nitrogens is 2. The topological polar surface area (TPSA) is 130 Å². The molecule has 0 aromatic carbocycles. The minimum Gasteiger partial charge on any atom is -1.00 e. The average Bonchev–Trinajstić information content (AvgIpc) is 2.03. The number of hydrogen-bond donors (Lipinski definition) is 4. The summed E-state index contributed by atoms with van der Waals surface area (Å²) in [6, 6.07) is -1.55. The molecule has 0 amide bonds. The number of carbonyl (C=O) groups is 2. The molecule has 0 radical (unpaired) electrons. The van der Waals surface area contributed by atoms with Crippen molar-refractivity contribution in [1.82, 2.24) is 0 Å². The van der Waals surface area contributed by atoms with Gasteiger partial charge in [-0.15, -0.1) is 0 Å². The Balaban J connectivity index is -0.000000845. The lowest BCUT2D eigenvalue weighted by atomic mass is 10.0. The van der Waals surface area contributed by atoms with Crippen LogP contribution in [0.5, 0.6) is 0 Å². The molecule has 96 valence electrons. The highest BCUT2D eigenvalue weighted by molar-refractivity contribution is 5.73. The second-order valence-electron chi connectivity index (χ2n) is 3.23. The zero-order valence-electron chi connectivity index (χ0n) is 8.66. The number of aliphatic carboxylic acids is 2. The normalized spacial score (nSPS) is 12.6. The van der Waals surface area contributed by atoms with Crippen LogP contribution in [0.3, 0.4) is 0 Å². The Morgan fingerprint density at radius 2 is 1.25 bits per heavy atom. The SMILES string of the molecule is C=C(C[C@H]([NH3+])C(=O)O)C[C@H]([NH3+])C(=O)O.[Cl-].[Cl-]. The fourth-order valence-electron chi connectivity index (χ4n) is 0.955. The van der Waals surface area contributed by atoms with Crippen LogP contribution in [-0.2, 0) is 9.59 Å². The van der Waals surface area contributed by atoms with Crippen molar-refractivity contribution in [2.24, 2.45) is 0 Å². The van der Waals surface area contributed by atoms with E-state index in [0.717, 1.165) is 0 Å². The van der Waals surface area contributed by atoms with Gasteiger partial charge >= 0.3 is 11.9 Å². The van der Waals surface area contributed by atoms with E-state index in [4.69, 9.17) is 10.2 Å². The first-order chi connectivity index (χ1) is 6.34. The molecule has 8 heteroatoms. The molecule has 0 aliphatic carbocycles. The zero-order valence-corrected chi connectivity index (χ0v) is 10.2. The lowest BCUT2D eigenvalue weighted by Crippen LogP contribution is -3.00. The summed E-state index contributed by atoms with van der Waals surface area (Å²) in [6.45, 7) is 3.59. The molecule has 6 nitrogen and oxygen atoms in total. The van der Waals surface area contributed by atoms with Crippen LogP contribution in [0, 0.1) is 0 Å². The maximum absolute atomic E-state index is 10.4. The minimum absolute atomic E-state index is 0.